The summed E-state index contributed by atoms with van der Waals surface area (Å²) in [6.07, 6.45) is 0.0206. The molecule has 9 heteroatoms. The summed E-state index contributed by atoms with van der Waals surface area (Å²) in [5, 5.41) is 3.24. The molecule has 2 aromatic rings. The van der Waals surface area contributed by atoms with Crippen LogP contribution in [0.2, 0.25) is 5.02 Å². The molecule has 3 rings (SSSR count). The Labute approximate surface area is 183 Å². The van der Waals surface area contributed by atoms with Crippen molar-refractivity contribution in [1.82, 2.24) is 4.90 Å². The molecule has 1 fully saturated rings. The maximum atomic E-state index is 12.7. The number of hydrogen-bond acceptors (Lipinski definition) is 6. The molecular weight excluding hydrogens is 426 g/mol. The summed E-state index contributed by atoms with van der Waals surface area (Å²) in [6.45, 7) is 2.29. The van der Waals surface area contributed by atoms with Crippen LogP contribution in [0, 0.1) is 0 Å². The highest BCUT2D eigenvalue weighted by molar-refractivity contribution is 8.15. The molecule has 30 heavy (non-hydrogen) atoms. The predicted molar refractivity (Wildman–Crippen MR) is 118 cm³/mol. The Hall–Kier alpha value is -2.84. The molecule has 1 heterocycles. The van der Waals surface area contributed by atoms with Gasteiger partial charge < -0.3 is 10.1 Å². The van der Waals surface area contributed by atoms with Crippen LogP contribution in [0.1, 0.15) is 23.7 Å². The van der Waals surface area contributed by atoms with Gasteiger partial charge in [-0.15, -0.1) is 0 Å². The maximum Gasteiger partial charge on any atom is 0.337 e. The molecule has 1 aliphatic rings. The number of methoxy groups -OCH3 is 1. The molecular formula is C21H20ClN3O4S. The minimum atomic E-state index is -0.558. The van der Waals surface area contributed by atoms with Gasteiger partial charge >= 0.3 is 5.97 Å². The number of nitrogens with zero attached hydrogens (tertiary/aromatic N) is 2. The van der Waals surface area contributed by atoms with Crippen molar-refractivity contribution in [3.63, 3.8) is 0 Å². The van der Waals surface area contributed by atoms with Crippen LogP contribution in [0.4, 0.5) is 11.4 Å². The molecule has 2 amide bonds. The van der Waals surface area contributed by atoms with Crippen LogP contribution in [0.25, 0.3) is 0 Å². The fraction of sp³-hybridized carbons (Fsp3) is 0.238. The van der Waals surface area contributed by atoms with E-state index >= 15 is 0 Å². The first-order chi connectivity index (χ1) is 14.4. The van der Waals surface area contributed by atoms with Gasteiger partial charge in [0.2, 0.25) is 11.8 Å². The number of amidine groups is 1. The van der Waals surface area contributed by atoms with Gasteiger partial charge in [0.25, 0.3) is 0 Å². The first kappa shape index (κ1) is 21.9. The molecule has 156 valence electrons. The first-order valence-corrected chi connectivity index (χ1v) is 10.5. The lowest BCUT2D eigenvalue weighted by atomic mass is 10.2. The summed E-state index contributed by atoms with van der Waals surface area (Å²) in [5.41, 5.74) is 1.59. The minimum Gasteiger partial charge on any atom is -0.465 e. The van der Waals surface area contributed by atoms with Crippen molar-refractivity contribution < 1.29 is 19.1 Å². The molecule has 0 aromatic heterocycles. The first-order valence-electron chi connectivity index (χ1n) is 9.21. The van der Waals surface area contributed by atoms with Crippen molar-refractivity contribution in [2.24, 2.45) is 4.99 Å². The van der Waals surface area contributed by atoms with E-state index in [-0.39, 0.29) is 18.2 Å². The normalized spacial score (nSPS) is 17.3. The minimum absolute atomic E-state index is 0.0206. The Morgan fingerprint density at radius 1 is 1.23 bits per heavy atom. The Kier molecular flexibility index (Phi) is 7.12. The fourth-order valence-corrected chi connectivity index (χ4v) is 4.28. The van der Waals surface area contributed by atoms with Crippen molar-refractivity contribution in [3.8, 4) is 0 Å². The molecule has 1 N–H and O–H groups in total. The summed E-state index contributed by atoms with van der Waals surface area (Å²) in [6, 6.07) is 13.4. The third-order valence-electron chi connectivity index (χ3n) is 4.33. The van der Waals surface area contributed by atoms with E-state index in [9.17, 15) is 14.4 Å². The van der Waals surface area contributed by atoms with Gasteiger partial charge in [-0.25, -0.2) is 9.79 Å². The number of carbonyl (C=O) groups is 3. The van der Waals surface area contributed by atoms with Gasteiger partial charge in [0, 0.05) is 23.7 Å². The summed E-state index contributed by atoms with van der Waals surface area (Å²) in [4.78, 5) is 42.7. The van der Waals surface area contributed by atoms with Crippen LogP contribution in [-0.2, 0) is 14.3 Å². The number of esters is 1. The number of nitrogens with one attached hydrogen (secondary N) is 1. The zero-order valence-electron chi connectivity index (χ0n) is 16.4. The van der Waals surface area contributed by atoms with Crippen LogP contribution in [0.3, 0.4) is 0 Å². The van der Waals surface area contributed by atoms with E-state index in [0.29, 0.717) is 33.7 Å². The SMILES string of the molecule is CCN1C(=O)[C@H](CC(=O)Nc2cccc(Cl)c2)SC1=Nc1ccc(C(=O)OC)cc1. The summed E-state index contributed by atoms with van der Waals surface area (Å²) >= 11 is 7.18. The van der Waals surface area contributed by atoms with Gasteiger partial charge in [-0.05, 0) is 49.4 Å². The number of thioether (sulfide) groups is 1. The second kappa shape index (κ2) is 9.77. The Morgan fingerprint density at radius 3 is 2.60 bits per heavy atom. The van der Waals surface area contributed by atoms with E-state index in [1.165, 1.54) is 18.9 Å². The number of aliphatic imine (C=N–C) groups is 1. The molecule has 2 aromatic carbocycles. The third kappa shape index (κ3) is 5.20. The molecule has 0 spiro atoms. The lowest BCUT2D eigenvalue weighted by Crippen LogP contribution is -2.33. The quantitative estimate of drug-likeness (QED) is 0.676. The summed E-state index contributed by atoms with van der Waals surface area (Å²) < 4.78 is 4.68. The Balaban J connectivity index is 1.70. The van der Waals surface area contributed by atoms with Crippen LogP contribution < -0.4 is 5.32 Å². The smallest absolute Gasteiger partial charge is 0.337 e. The number of halogens is 1. The van der Waals surface area contributed by atoms with Crippen LogP contribution in [0.15, 0.2) is 53.5 Å². The third-order valence-corrected chi connectivity index (χ3v) is 5.74. The molecule has 1 saturated heterocycles. The molecule has 0 unspecified atom stereocenters. The molecule has 1 aliphatic heterocycles. The standard InChI is InChI=1S/C21H20ClN3O4S/c1-3-25-19(27)17(12-18(26)23-16-6-4-5-14(22)11-16)30-21(25)24-15-9-7-13(8-10-15)20(28)29-2/h4-11,17H,3,12H2,1-2H3,(H,23,26)/t17-/m0/s1. The van der Waals surface area contributed by atoms with Crippen molar-refractivity contribution in [2.75, 3.05) is 19.0 Å². The van der Waals surface area contributed by atoms with Crippen molar-refractivity contribution in [2.45, 2.75) is 18.6 Å². The van der Waals surface area contributed by atoms with Gasteiger partial charge in [-0.2, -0.15) is 0 Å². The number of hydrogen-bond donors (Lipinski definition) is 1. The lowest BCUT2D eigenvalue weighted by molar-refractivity contribution is -0.128. The van der Waals surface area contributed by atoms with Crippen LogP contribution >= 0.6 is 23.4 Å². The average Bonchev–Trinajstić information content (AvgIpc) is 3.01. The Bertz CT molecular complexity index is 994. The van der Waals surface area contributed by atoms with Gasteiger partial charge in [0.1, 0.15) is 5.25 Å². The van der Waals surface area contributed by atoms with Crippen molar-refractivity contribution >= 4 is 57.7 Å². The molecule has 0 radical (unpaired) electrons. The van der Waals surface area contributed by atoms with Crippen LogP contribution in [-0.4, -0.2) is 46.8 Å². The number of rotatable bonds is 6. The lowest BCUT2D eigenvalue weighted by Gasteiger charge is -2.13. The van der Waals surface area contributed by atoms with E-state index in [4.69, 9.17) is 11.6 Å². The molecule has 1 atom stereocenters. The highest BCUT2D eigenvalue weighted by Gasteiger charge is 2.38. The van der Waals surface area contributed by atoms with Gasteiger partial charge in [-0.3, -0.25) is 14.5 Å². The fourth-order valence-electron chi connectivity index (χ4n) is 2.86. The van der Waals surface area contributed by atoms with Crippen molar-refractivity contribution in [1.29, 1.82) is 0 Å². The van der Waals surface area contributed by atoms with E-state index in [2.05, 4.69) is 15.0 Å². The number of amides is 2. The highest BCUT2D eigenvalue weighted by atomic mass is 35.5. The van der Waals surface area contributed by atoms with E-state index in [0.717, 1.165) is 0 Å². The monoisotopic (exact) mass is 445 g/mol. The van der Waals surface area contributed by atoms with E-state index < -0.39 is 11.2 Å². The second-order valence-corrected chi connectivity index (χ2v) is 7.99. The number of benzene rings is 2. The number of carbonyl (C=O) groups excluding carboxylic acids is 3. The Morgan fingerprint density at radius 2 is 1.97 bits per heavy atom. The second-order valence-electron chi connectivity index (χ2n) is 6.38. The van der Waals surface area contributed by atoms with Gasteiger partial charge in [0.15, 0.2) is 5.17 Å². The number of ether oxygens (including phenoxy) is 1. The highest BCUT2D eigenvalue weighted by Crippen LogP contribution is 2.32. The molecule has 0 saturated carbocycles. The van der Waals surface area contributed by atoms with Gasteiger partial charge in [0.05, 0.1) is 18.4 Å². The van der Waals surface area contributed by atoms with Crippen molar-refractivity contribution in [3.05, 3.63) is 59.1 Å². The number of anilines is 1. The predicted octanol–water partition coefficient (Wildman–Crippen LogP) is 4.11. The molecule has 0 aliphatic carbocycles. The zero-order chi connectivity index (χ0) is 21.7. The maximum absolute atomic E-state index is 12.7. The summed E-state index contributed by atoms with van der Waals surface area (Å²) in [7, 11) is 1.32. The average molecular weight is 446 g/mol. The molecule has 0 bridgehead atoms. The molecule has 7 nitrogen and oxygen atoms in total. The van der Waals surface area contributed by atoms with E-state index in [1.807, 2.05) is 6.92 Å². The summed E-state index contributed by atoms with van der Waals surface area (Å²) in [5.74, 6) is -0.864. The zero-order valence-corrected chi connectivity index (χ0v) is 18.0. The van der Waals surface area contributed by atoms with E-state index in [1.54, 1.807) is 53.4 Å². The van der Waals surface area contributed by atoms with Gasteiger partial charge in [-0.1, -0.05) is 29.4 Å². The topological polar surface area (TPSA) is 88.1 Å². The largest absolute Gasteiger partial charge is 0.465 e. The van der Waals surface area contributed by atoms with Crippen LogP contribution in [0.5, 0.6) is 0 Å².